The summed E-state index contributed by atoms with van der Waals surface area (Å²) in [6, 6.07) is 8.93. The van der Waals surface area contributed by atoms with Crippen LogP contribution in [0.2, 0.25) is 0 Å². The highest BCUT2D eigenvalue weighted by molar-refractivity contribution is 5.56. The van der Waals surface area contributed by atoms with Gasteiger partial charge in [0.2, 0.25) is 0 Å². The van der Waals surface area contributed by atoms with Gasteiger partial charge in [-0.25, -0.2) is 0 Å². The number of ether oxygens (including phenoxy) is 1. The first-order chi connectivity index (χ1) is 8.24. The van der Waals surface area contributed by atoms with Gasteiger partial charge in [0.1, 0.15) is 0 Å². The van der Waals surface area contributed by atoms with Crippen LogP contribution in [0.15, 0.2) is 24.3 Å². The molecule has 3 heteroatoms. The summed E-state index contributed by atoms with van der Waals surface area (Å²) in [5, 5.41) is 0. The second-order valence-corrected chi connectivity index (χ2v) is 4.87. The Morgan fingerprint density at radius 1 is 1.41 bits per heavy atom. The molecular formula is C14H22N2O. The summed E-state index contributed by atoms with van der Waals surface area (Å²) >= 11 is 0. The van der Waals surface area contributed by atoms with Crippen molar-refractivity contribution in [1.29, 1.82) is 0 Å². The molecule has 0 aromatic heterocycles. The number of morpholine rings is 1. The van der Waals surface area contributed by atoms with Crippen LogP contribution in [0.25, 0.3) is 0 Å². The van der Waals surface area contributed by atoms with Crippen LogP contribution in [0.3, 0.4) is 0 Å². The maximum absolute atomic E-state index is 5.84. The van der Waals surface area contributed by atoms with Crippen molar-refractivity contribution < 1.29 is 4.74 Å². The van der Waals surface area contributed by atoms with Gasteiger partial charge in [-0.2, -0.15) is 0 Å². The first-order valence-corrected chi connectivity index (χ1v) is 6.37. The van der Waals surface area contributed by atoms with Crippen LogP contribution in [-0.2, 0) is 4.74 Å². The third-order valence-electron chi connectivity index (χ3n) is 3.37. The van der Waals surface area contributed by atoms with E-state index in [9.17, 15) is 0 Å². The SMILES string of the molecule is CC(C)c1ccccc1N1CCOCC1CN. The second kappa shape index (κ2) is 5.52. The van der Waals surface area contributed by atoms with E-state index in [2.05, 4.69) is 43.0 Å². The molecule has 1 aliphatic heterocycles. The number of para-hydroxylation sites is 1. The number of hydrogen-bond acceptors (Lipinski definition) is 3. The van der Waals surface area contributed by atoms with E-state index in [1.165, 1.54) is 11.3 Å². The van der Waals surface area contributed by atoms with Gasteiger partial charge in [-0.05, 0) is 17.5 Å². The van der Waals surface area contributed by atoms with Crippen molar-refractivity contribution in [2.75, 3.05) is 31.2 Å². The first-order valence-electron chi connectivity index (χ1n) is 6.37. The molecule has 17 heavy (non-hydrogen) atoms. The number of nitrogens with zero attached hydrogens (tertiary/aromatic N) is 1. The molecule has 1 aliphatic rings. The summed E-state index contributed by atoms with van der Waals surface area (Å²) in [5.74, 6) is 0.535. The molecule has 0 radical (unpaired) electrons. The molecule has 0 bridgehead atoms. The van der Waals surface area contributed by atoms with Crippen LogP contribution in [-0.4, -0.2) is 32.3 Å². The van der Waals surface area contributed by atoms with Crippen molar-refractivity contribution in [3.05, 3.63) is 29.8 Å². The van der Waals surface area contributed by atoms with Crippen molar-refractivity contribution in [2.45, 2.75) is 25.8 Å². The molecule has 1 saturated heterocycles. The van der Waals surface area contributed by atoms with Gasteiger partial charge in [-0.15, -0.1) is 0 Å². The zero-order chi connectivity index (χ0) is 12.3. The Morgan fingerprint density at radius 2 is 2.18 bits per heavy atom. The molecule has 1 fully saturated rings. The zero-order valence-corrected chi connectivity index (χ0v) is 10.7. The fraction of sp³-hybridized carbons (Fsp3) is 0.571. The molecule has 94 valence electrons. The van der Waals surface area contributed by atoms with E-state index in [-0.39, 0.29) is 0 Å². The third kappa shape index (κ3) is 2.61. The summed E-state index contributed by atoms with van der Waals surface area (Å²) in [7, 11) is 0. The summed E-state index contributed by atoms with van der Waals surface area (Å²) in [5.41, 5.74) is 8.55. The normalized spacial score (nSPS) is 20.9. The van der Waals surface area contributed by atoms with E-state index in [0.717, 1.165) is 19.8 Å². The molecule has 1 unspecified atom stereocenters. The van der Waals surface area contributed by atoms with Crippen LogP contribution < -0.4 is 10.6 Å². The predicted molar refractivity (Wildman–Crippen MR) is 71.5 cm³/mol. The first kappa shape index (κ1) is 12.4. The van der Waals surface area contributed by atoms with E-state index < -0.39 is 0 Å². The van der Waals surface area contributed by atoms with Gasteiger partial charge < -0.3 is 15.4 Å². The molecule has 3 nitrogen and oxygen atoms in total. The number of anilines is 1. The largest absolute Gasteiger partial charge is 0.377 e. The van der Waals surface area contributed by atoms with Crippen LogP contribution in [0.4, 0.5) is 5.69 Å². The predicted octanol–water partition coefficient (Wildman–Crippen LogP) is 1.97. The number of hydrogen-bond donors (Lipinski definition) is 1. The second-order valence-electron chi connectivity index (χ2n) is 4.87. The minimum absolute atomic E-state index is 0.309. The Labute approximate surface area is 104 Å². The molecule has 2 N–H and O–H groups in total. The molecule has 0 spiro atoms. The lowest BCUT2D eigenvalue weighted by atomic mass is 9.99. The Morgan fingerprint density at radius 3 is 2.88 bits per heavy atom. The molecule has 0 saturated carbocycles. The van der Waals surface area contributed by atoms with Crippen molar-refractivity contribution in [2.24, 2.45) is 5.73 Å². The minimum Gasteiger partial charge on any atom is -0.377 e. The Hall–Kier alpha value is -1.06. The van der Waals surface area contributed by atoms with E-state index in [0.29, 0.717) is 18.5 Å². The highest BCUT2D eigenvalue weighted by atomic mass is 16.5. The van der Waals surface area contributed by atoms with Gasteiger partial charge in [-0.1, -0.05) is 32.0 Å². The monoisotopic (exact) mass is 234 g/mol. The molecule has 1 aromatic carbocycles. The number of nitrogens with two attached hydrogens (primary N) is 1. The van der Waals surface area contributed by atoms with E-state index in [4.69, 9.17) is 10.5 Å². The average molecular weight is 234 g/mol. The van der Waals surface area contributed by atoms with Gasteiger partial charge in [0.15, 0.2) is 0 Å². The molecule has 1 atom stereocenters. The van der Waals surface area contributed by atoms with Gasteiger partial charge in [0.05, 0.1) is 19.3 Å². The Bertz CT molecular complexity index is 365. The lowest BCUT2D eigenvalue weighted by Gasteiger charge is -2.38. The lowest BCUT2D eigenvalue weighted by Crippen LogP contribution is -2.49. The van der Waals surface area contributed by atoms with Crippen molar-refractivity contribution >= 4 is 5.69 Å². The van der Waals surface area contributed by atoms with Crippen LogP contribution in [0, 0.1) is 0 Å². The minimum atomic E-state index is 0.309. The fourth-order valence-electron chi connectivity index (χ4n) is 2.40. The standard InChI is InChI=1S/C14H22N2O/c1-11(2)13-5-3-4-6-14(13)16-7-8-17-10-12(16)9-15/h3-6,11-12H,7-10,15H2,1-2H3. The fourth-order valence-corrected chi connectivity index (χ4v) is 2.40. The van der Waals surface area contributed by atoms with E-state index in [1.54, 1.807) is 0 Å². The summed E-state index contributed by atoms with van der Waals surface area (Å²) in [6.07, 6.45) is 0. The lowest BCUT2D eigenvalue weighted by molar-refractivity contribution is 0.0961. The van der Waals surface area contributed by atoms with Crippen molar-refractivity contribution in [1.82, 2.24) is 0 Å². The van der Waals surface area contributed by atoms with Crippen LogP contribution in [0.1, 0.15) is 25.3 Å². The Kier molecular flexibility index (Phi) is 4.02. The van der Waals surface area contributed by atoms with Crippen LogP contribution >= 0.6 is 0 Å². The molecule has 0 aliphatic carbocycles. The Balaban J connectivity index is 2.31. The van der Waals surface area contributed by atoms with E-state index in [1.807, 2.05) is 0 Å². The van der Waals surface area contributed by atoms with Gasteiger partial charge in [0.25, 0.3) is 0 Å². The van der Waals surface area contributed by atoms with Crippen LogP contribution in [0.5, 0.6) is 0 Å². The quantitative estimate of drug-likeness (QED) is 0.869. The van der Waals surface area contributed by atoms with Gasteiger partial charge in [-0.3, -0.25) is 0 Å². The maximum Gasteiger partial charge on any atom is 0.0683 e. The average Bonchev–Trinajstić information content (AvgIpc) is 2.38. The molecular weight excluding hydrogens is 212 g/mol. The van der Waals surface area contributed by atoms with Gasteiger partial charge in [0, 0.05) is 18.8 Å². The summed E-state index contributed by atoms with van der Waals surface area (Å²) in [4.78, 5) is 2.40. The third-order valence-corrected chi connectivity index (χ3v) is 3.37. The molecule has 2 rings (SSSR count). The highest BCUT2D eigenvalue weighted by Crippen LogP contribution is 2.29. The summed E-state index contributed by atoms with van der Waals surface area (Å²) in [6.45, 7) is 7.58. The zero-order valence-electron chi connectivity index (χ0n) is 10.7. The van der Waals surface area contributed by atoms with Crippen molar-refractivity contribution in [3.63, 3.8) is 0 Å². The molecule has 1 heterocycles. The topological polar surface area (TPSA) is 38.5 Å². The number of rotatable bonds is 3. The smallest absolute Gasteiger partial charge is 0.0683 e. The van der Waals surface area contributed by atoms with Gasteiger partial charge >= 0.3 is 0 Å². The van der Waals surface area contributed by atoms with E-state index >= 15 is 0 Å². The molecule has 0 amide bonds. The maximum atomic E-state index is 5.84. The highest BCUT2D eigenvalue weighted by Gasteiger charge is 2.24. The number of benzene rings is 1. The molecule has 1 aromatic rings. The van der Waals surface area contributed by atoms with Crippen molar-refractivity contribution in [3.8, 4) is 0 Å². The summed E-state index contributed by atoms with van der Waals surface area (Å²) < 4.78 is 5.50.